The Morgan fingerprint density at radius 2 is 1.83 bits per heavy atom. The summed E-state index contributed by atoms with van der Waals surface area (Å²) >= 11 is 0. The van der Waals surface area contributed by atoms with Gasteiger partial charge in [0.1, 0.15) is 0 Å². The molecule has 1 aliphatic rings. The SMILES string of the molecule is O=C(O)[C@](O)(c1ccccc1CCCNCc1ccccc1)[C@@H]1CCC(F)(F)C1. The average Bonchev–Trinajstić information content (AvgIpc) is 3.08. The first-order valence-electron chi connectivity index (χ1n) is 9.99. The van der Waals surface area contributed by atoms with Gasteiger partial charge in [-0.1, -0.05) is 54.6 Å². The maximum Gasteiger partial charge on any atom is 0.340 e. The Bertz CT molecular complexity index is 828. The lowest BCUT2D eigenvalue weighted by molar-refractivity contribution is -0.167. The highest BCUT2D eigenvalue weighted by Gasteiger charge is 2.54. The zero-order valence-electron chi connectivity index (χ0n) is 16.3. The first-order valence-corrected chi connectivity index (χ1v) is 9.99. The number of hydrogen-bond donors (Lipinski definition) is 3. The number of benzene rings is 2. The van der Waals surface area contributed by atoms with Gasteiger partial charge in [-0.25, -0.2) is 13.6 Å². The van der Waals surface area contributed by atoms with Crippen LogP contribution in [0.3, 0.4) is 0 Å². The topological polar surface area (TPSA) is 69.6 Å². The molecule has 3 N–H and O–H groups in total. The first kappa shape index (κ1) is 21.4. The van der Waals surface area contributed by atoms with E-state index in [2.05, 4.69) is 5.32 Å². The number of nitrogens with one attached hydrogen (secondary N) is 1. The van der Waals surface area contributed by atoms with Gasteiger partial charge in [0.2, 0.25) is 5.92 Å². The minimum Gasteiger partial charge on any atom is -0.479 e. The second kappa shape index (κ2) is 9.01. The van der Waals surface area contributed by atoms with E-state index < -0.39 is 36.3 Å². The van der Waals surface area contributed by atoms with Gasteiger partial charge in [-0.2, -0.15) is 0 Å². The van der Waals surface area contributed by atoms with Gasteiger partial charge in [0.05, 0.1) is 0 Å². The molecule has 0 bridgehead atoms. The van der Waals surface area contributed by atoms with Crippen LogP contribution in [0.2, 0.25) is 0 Å². The molecule has 4 nitrogen and oxygen atoms in total. The summed E-state index contributed by atoms with van der Waals surface area (Å²) in [6.45, 7) is 1.45. The van der Waals surface area contributed by atoms with Gasteiger partial charge in [0.25, 0.3) is 0 Å². The second-order valence-electron chi connectivity index (χ2n) is 7.79. The Hall–Kier alpha value is -2.31. The van der Waals surface area contributed by atoms with Crippen molar-refractivity contribution in [3.8, 4) is 0 Å². The summed E-state index contributed by atoms with van der Waals surface area (Å²) in [6.07, 6.45) is 0.279. The zero-order valence-corrected chi connectivity index (χ0v) is 16.3. The van der Waals surface area contributed by atoms with Crippen molar-refractivity contribution in [1.82, 2.24) is 5.32 Å². The number of carboxylic acids is 1. The Morgan fingerprint density at radius 3 is 2.48 bits per heavy atom. The summed E-state index contributed by atoms with van der Waals surface area (Å²) in [4.78, 5) is 12.0. The quantitative estimate of drug-likeness (QED) is 0.551. The molecule has 1 aliphatic carbocycles. The molecule has 0 saturated heterocycles. The molecule has 0 amide bonds. The smallest absolute Gasteiger partial charge is 0.340 e. The number of carboxylic acid groups (broad SMARTS) is 1. The third-order valence-corrected chi connectivity index (χ3v) is 5.72. The van der Waals surface area contributed by atoms with Crippen LogP contribution in [0.1, 0.15) is 42.4 Å². The summed E-state index contributed by atoms with van der Waals surface area (Å²) in [5, 5.41) is 24.2. The van der Waals surface area contributed by atoms with E-state index in [0.29, 0.717) is 12.0 Å². The van der Waals surface area contributed by atoms with Crippen LogP contribution < -0.4 is 5.32 Å². The Kier molecular flexibility index (Phi) is 6.65. The fourth-order valence-electron chi connectivity index (χ4n) is 4.16. The zero-order chi connectivity index (χ0) is 20.9. The highest BCUT2D eigenvalue weighted by Crippen LogP contribution is 2.48. The molecule has 1 fully saturated rings. The molecule has 29 heavy (non-hydrogen) atoms. The molecule has 2 aromatic carbocycles. The molecule has 6 heteroatoms. The molecular weight excluding hydrogens is 376 g/mol. The lowest BCUT2D eigenvalue weighted by atomic mass is 9.77. The lowest BCUT2D eigenvalue weighted by Gasteiger charge is -2.32. The summed E-state index contributed by atoms with van der Waals surface area (Å²) < 4.78 is 27.4. The number of aryl methyl sites for hydroxylation is 1. The van der Waals surface area contributed by atoms with E-state index in [9.17, 15) is 23.8 Å². The Morgan fingerprint density at radius 1 is 1.14 bits per heavy atom. The summed E-state index contributed by atoms with van der Waals surface area (Å²) in [5.74, 6) is -5.40. The highest BCUT2D eigenvalue weighted by atomic mass is 19.3. The van der Waals surface area contributed by atoms with Crippen molar-refractivity contribution in [2.45, 2.75) is 50.2 Å². The fraction of sp³-hybridized carbons (Fsp3) is 0.435. The van der Waals surface area contributed by atoms with Crippen LogP contribution in [0, 0.1) is 5.92 Å². The number of alkyl halides is 2. The third-order valence-electron chi connectivity index (χ3n) is 5.72. The van der Waals surface area contributed by atoms with Crippen LogP contribution in [0.15, 0.2) is 54.6 Å². The first-order chi connectivity index (χ1) is 13.8. The van der Waals surface area contributed by atoms with Gasteiger partial charge >= 0.3 is 5.97 Å². The molecule has 2 atom stereocenters. The number of carbonyl (C=O) groups is 1. The second-order valence-corrected chi connectivity index (χ2v) is 7.79. The van der Waals surface area contributed by atoms with Crippen molar-refractivity contribution >= 4 is 5.97 Å². The third kappa shape index (κ3) is 5.00. The minimum atomic E-state index is -2.93. The monoisotopic (exact) mass is 403 g/mol. The normalized spacial score (nSPS) is 20.3. The predicted molar refractivity (Wildman–Crippen MR) is 107 cm³/mol. The van der Waals surface area contributed by atoms with Crippen molar-refractivity contribution in [3.63, 3.8) is 0 Å². The van der Waals surface area contributed by atoms with E-state index in [1.807, 2.05) is 30.3 Å². The van der Waals surface area contributed by atoms with Crippen molar-refractivity contribution in [2.24, 2.45) is 5.92 Å². The number of halogens is 2. The van der Waals surface area contributed by atoms with E-state index in [4.69, 9.17) is 0 Å². The summed E-state index contributed by atoms with van der Waals surface area (Å²) in [7, 11) is 0. The van der Waals surface area contributed by atoms with E-state index in [1.165, 1.54) is 5.56 Å². The van der Waals surface area contributed by atoms with Gasteiger partial charge in [-0.15, -0.1) is 0 Å². The molecule has 2 aromatic rings. The van der Waals surface area contributed by atoms with Crippen LogP contribution in [-0.2, 0) is 23.4 Å². The van der Waals surface area contributed by atoms with Crippen molar-refractivity contribution in [1.29, 1.82) is 0 Å². The number of aliphatic hydroxyl groups is 1. The average molecular weight is 403 g/mol. The summed E-state index contributed by atoms with van der Waals surface area (Å²) in [6, 6.07) is 16.7. The molecule has 0 aliphatic heterocycles. The largest absolute Gasteiger partial charge is 0.479 e. The van der Waals surface area contributed by atoms with Gasteiger partial charge < -0.3 is 15.5 Å². The van der Waals surface area contributed by atoms with Crippen molar-refractivity contribution in [2.75, 3.05) is 6.54 Å². The number of aliphatic carboxylic acids is 1. The molecule has 0 spiro atoms. The minimum absolute atomic E-state index is 0.0111. The van der Waals surface area contributed by atoms with Gasteiger partial charge in [-0.05, 0) is 42.5 Å². The van der Waals surface area contributed by atoms with Gasteiger partial charge in [0, 0.05) is 25.3 Å². The van der Waals surface area contributed by atoms with Crippen molar-refractivity contribution in [3.05, 3.63) is 71.3 Å². The highest BCUT2D eigenvalue weighted by molar-refractivity contribution is 5.80. The maximum atomic E-state index is 13.7. The van der Waals surface area contributed by atoms with Crippen molar-refractivity contribution < 1.29 is 23.8 Å². The molecule has 0 aromatic heterocycles. The predicted octanol–water partition coefficient (Wildman–Crippen LogP) is 4.12. The molecule has 1 saturated carbocycles. The van der Waals surface area contributed by atoms with Crippen LogP contribution in [0.4, 0.5) is 8.78 Å². The van der Waals surface area contributed by atoms with E-state index >= 15 is 0 Å². The fourth-order valence-corrected chi connectivity index (χ4v) is 4.16. The molecular formula is C23H27F2NO3. The number of hydrogen-bond acceptors (Lipinski definition) is 3. The molecule has 3 rings (SSSR count). The molecule has 0 heterocycles. The van der Waals surface area contributed by atoms with E-state index in [1.54, 1.807) is 24.3 Å². The molecule has 0 radical (unpaired) electrons. The summed E-state index contributed by atoms with van der Waals surface area (Å²) in [5.41, 5.74) is -0.198. The van der Waals surface area contributed by atoms with Crippen LogP contribution in [-0.4, -0.2) is 28.6 Å². The van der Waals surface area contributed by atoms with Crippen LogP contribution >= 0.6 is 0 Å². The standard InChI is InChI=1S/C23H27F2NO3/c24-22(25)13-12-19(15-22)23(29,21(27)28)20-11-5-4-9-18(20)10-6-14-26-16-17-7-2-1-3-8-17/h1-5,7-9,11,19,26,29H,6,10,12-16H2,(H,27,28)/t19-,23-/m1/s1. The van der Waals surface area contributed by atoms with Crippen LogP contribution in [0.5, 0.6) is 0 Å². The Balaban J connectivity index is 1.67. The maximum absolute atomic E-state index is 13.7. The number of rotatable bonds is 9. The Labute approximate surface area is 169 Å². The van der Waals surface area contributed by atoms with E-state index in [-0.39, 0.29) is 12.0 Å². The van der Waals surface area contributed by atoms with Gasteiger partial charge in [0.15, 0.2) is 5.60 Å². The van der Waals surface area contributed by atoms with Crippen LogP contribution in [0.25, 0.3) is 0 Å². The molecule has 156 valence electrons. The lowest BCUT2D eigenvalue weighted by Crippen LogP contribution is -2.43. The molecule has 0 unspecified atom stereocenters. The van der Waals surface area contributed by atoms with E-state index in [0.717, 1.165) is 19.5 Å². The van der Waals surface area contributed by atoms with Gasteiger partial charge in [-0.3, -0.25) is 0 Å².